The average Bonchev–Trinajstić information content (AvgIpc) is 3.69. The van der Waals surface area contributed by atoms with Gasteiger partial charge in [-0.15, -0.1) is 0 Å². The highest BCUT2D eigenvalue weighted by Gasteiger charge is 2.57. The molecule has 0 aliphatic heterocycles. The number of methoxy groups -OCH3 is 1. The first-order chi connectivity index (χ1) is 25.1. The van der Waals surface area contributed by atoms with E-state index in [0.29, 0.717) is 75.6 Å². The molecule has 2 aromatic carbocycles. The molecule has 2 bridgehead atoms. The molecule has 2 N–H and O–H groups in total. The summed E-state index contributed by atoms with van der Waals surface area (Å²) in [7, 11) is 1.59. The van der Waals surface area contributed by atoms with Gasteiger partial charge in [0.1, 0.15) is 5.76 Å². The van der Waals surface area contributed by atoms with Crippen LogP contribution in [0.2, 0.25) is 5.02 Å². The van der Waals surface area contributed by atoms with Gasteiger partial charge >= 0.3 is 12.3 Å². The Balaban J connectivity index is 1.58. The van der Waals surface area contributed by atoms with Crippen molar-refractivity contribution < 1.29 is 46.9 Å². The van der Waals surface area contributed by atoms with Gasteiger partial charge in [0.25, 0.3) is 0 Å². The Morgan fingerprint density at radius 2 is 1.87 bits per heavy atom. The molecule has 0 radical (unpaired) electrons. The Hall–Kier alpha value is -3.64. The van der Waals surface area contributed by atoms with Crippen molar-refractivity contribution in [2.45, 2.75) is 95.9 Å². The Labute approximate surface area is 313 Å². The molecule has 4 atom stereocenters. The first kappa shape index (κ1) is 40.5. The zero-order valence-corrected chi connectivity index (χ0v) is 31.5. The van der Waals surface area contributed by atoms with Crippen molar-refractivity contribution in [3.05, 3.63) is 93.2 Å². The van der Waals surface area contributed by atoms with E-state index in [-0.39, 0.29) is 41.2 Å². The molecule has 1 heterocycles. The number of ketones is 1. The molecule has 0 saturated heterocycles. The first-order valence-corrected chi connectivity index (χ1v) is 18.6. The van der Waals surface area contributed by atoms with Gasteiger partial charge in [-0.25, -0.2) is 4.79 Å². The summed E-state index contributed by atoms with van der Waals surface area (Å²) in [4.78, 5) is 29.2. The molecule has 3 aliphatic rings. The summed E-state index contributed by atoms with van der Waals surface area (Å²) in [5.41, 5.74) is -0.215. The van der Waals surface area contributed by atoms with Gasteiger partial charge in [-0.1, -0.05) is 42.3 Å². The summed E-state index contributed by atoms with van der Waals surface area (Å²) in [5.74, 6) is -0.903. The topological polar surface area (TPSA) is 109 Å². The molecule has 1 aromatic heterocycles. The predicted octanol–water partition coefficient (Wildman–Crippen LogP) is 9.38. The highest BCUT2D eigenvalue weighted by atomic mass is 35.5. The third-order valence-corrected chi connectivity index (χ3v) is 11.4. The average molecular weight is 760 g/mol. The molecule has 3 aliphatic carbocycles. The van der Waals surface area contributed by atoms with Crippen LogP contribution in [0.5, 0.6) is 0 Å². The van der Waals surface area contributed by atoms with Crippen LogP contribution in [0.3, 0.4) is 0 Å². The van der Waals surface area contributed by atoms with Crippen molar-refractivity contribution >= 4 is 23.5 Å². The van der Waals surface area contributed by atoms with Crippen molar-refractivity contribution in [1.29, 1.82) is 0 Å². The van der Waals surface area contributed by atoms with E-state index in [2.05, 4.69) is 6.08 Å². The number of amides is 1. The van der Waals surface area contributed by atoms with E-state index in [1.54, 1.807) is 25.0 Å². The van der Waals surface area contributed by atoms with Crippen LogP contribution in [0.4, 0.5) is 18.0 Å². The van der Waals surface area contributed by atoms with Gasteiger partial charge in [-0.2, -0.15) is 13.2 Å². The number of fused-ring (bicyclic) bond motifs is 8. The largest absolute Gasteiger partial charge is 0.453 e. The summed E-state index contributed by atoms with van der Waals surface area (Å²) >= 11 is 6.30. The number of carbonyl (C=O) groups excluding carboxylic acids is 2. The maximum atomic E-state index is 14.5. The summed E-state index contributed by atoms with van der Waals surface area (Å²) in [6.07, 6.45) is 0.444. The molecule has 0 spiro atoms. The van der Waals surface area contributed by atoms with Crippen LogP contribution in [0.15, 0.2) is 64.6 Å². The van der Waals surface area contributed by atoms with Gasteiger partial charge in [-0.3, -0.25) is 4.79 Å². The summed E-state index contributed by atoms with van der Waals surface area (Å²) in [6.45, 7) is 6.75. The molecule has 1 fully saturated rings. The molecule has 8 nitrogen and oxygen atoms in total. The molecular weight excluding hydrogens is 711 g/mol. The lowest BCUT2D eigenvalue weighted by Gasteiger charge is -2.46. The van der Waals surface area contributed by atoms with Crippen molar-refractivity contribution in [3.63, 3.8) is 0 Å². The number of hydrogen-bond acceptors (Lipinski definition) is 7. The van der Waals surface area contributed by atoms with Crippen molar-refractivity contribution in [3.8, 4) is 11.3 Å². The number of halogens is 4. The van der Waals surface area contributed by atoms with E-state index in [0.717, 1.165) is 29.3 Å². The number of carbonyl (C=O) groups is 2. The van der Waals surface area contributed by atoms with Crippen LogP contribution in [0, 0.1) is 5.41 Å². The smallest absolute Gasteiger partial charge is 0.416 e. The molecule has 1 amide bonds. The van der Waals surface area contributed by atoms with Crippen molar-refractivity contribution in [1.82, 2.24) is 4.90 Å². The van der Waals surface area contributed by atoms with E-state index < -0.39 is 40.7 Å². The minimum absolute atomic E-state index is 0.000489. The first-order valence-electron chi connectivity index (χ1n) is 18.2. The van der Waals surface area contributed by atoms with Crippen molar-refractivity contribution in [2.75, 3.05) is 33.4 Å². The lowest BCUT2D eigenvalue weighted by Crippen LogP contribution is -2.54. The second kappa shape index (κ2) is 16.8. The van der Waals surface area contributed by atoms with Gasteiger partial charge in [0.2, 0.25) is 5.78 Å². The van der Waals surface area contributed by atoms with E-state index >= 15 is 0 Å². The maximum Gasteiger partial charge on any atom is 0.416 e. The summed E-state index contributed by atoms with van der Waals surface area (Å²) in [5, 5.41) is 23.7. The molecule has 288 valence electrons. The molecule has 53 heavy (non-hydrogen) atoms. The van der Waals surface area contributed by atoms with Gasteiger partial charge in [0, 0.05) is 36.8 Å². The molecule has 3 aromatic rings. The van der Waals surface area contributed by atoms with Gasteiger partial charge < -0.3 is 29.0 Å². The highest BCUT2D eigenvalue weighted by Crippen LogP contribution is 2.59. The van der Waals surface area contributed by atoms with E-state index in [9.17, 15) is 33.0 Å². The number of ether oxygens (including phenoxy) is 2. The second-order valence-corrected chi connectivity index (χ2v) is 15.0. The highest BCUT2D eigenvalue weighted by molar-refractivity contribution is 6.33. The Morgan fingerprint density at radius 1 is 1.09 bits per heavy atom. The fourth-order valence-electron chi connectivity index (χ4n) is 7.99. The number of benzene rings is 2. The maximum absolute atomic E-state index is 14.5. The quantitative estimate of drug-likeness (QED) is 0.120. The third-order valence-electron chi connectivity index (χ3n) is 11.1. The fourth-order valence-corrected chi connectivity index (χ4v) is 8.20. The number of hydrogen-bond donors (Lipinski definition) is 2. The van der Waals surface area contributed by atoms with Gasteiger partial charge in [0.15, 0.2) is 5.76 Å². The van der Waals surface area contributed by atoms with Crippen LogP contribution in [0.25, 0.3) is 11.3 Å². The number of rotatable bonds is 10. The molecule has 1 saturated carbocycles. The SMILES string of the molecule is CCOC(=O)N(CCCOC)CC1(O)CCC2c3ccc(cc3C(=O)c3ccc(-c4cc(C(F)(F)F)ccc4Cl)o3)CC(O)CCC(C)=CCCC21C. The van der Waals surface area contributed by atoms with Crippen LogP contribution in [-0.4, -0.2) is 72.1 Å². The molecular formula is C41H49ClF3NO7. The van der Waals surface area contributed by atoms with Crippen molar-refractivity contribution in [2.24, 2.45) is 5.41 Å². The van der Waals surface area contributed by atoms with Crippen LogP contribution < -0.4 is 0 Å². The van der Waals surface area contributed by atoms with Crippen LogP contribution in [0.1, 0.15) is 104 Å². The number of alkyl halides is 3. The van der Waals surface area contributed by atoms with E-state index in [1.807, 2.05) is 26.0 Å². The van der Waals surface area contributed by atoms with E-state index in [1.165, 1.54) is 12.1 Å². The molecule has 4 unspecified atom stereocenters. The lowest BCUT2D eigenvalue weighted by atomic mass is 9.64. The normalized spacial score (nSPS) is 23.6. The standard InChI is InChI=1S/C41H49ClF3NO7/c1-5-52-38(49)46(20-7-21-51-4)25-40(50)19-17-33-30-13-10-27(22-29(47)12-9-26(2)8-6-18-39(33,40)3)23-31(30)37(48)36-16-15-35(53-36)32-24-28(41(43,44)45)11-14-34(32)42/h8,10-11,13-16,23-24,29,33,47,50H,5-7,9,12,17-22,25H2,1-4H3. The van der Waals surface area contributed by atoms with Crippen LogP contribution in [-0.2, 0) is 22.1 Å². The Kier molecular flexibility index (Phi) is 12.8. The van der Waals surface area contributed by atoms with Gasteiger partial charge in [-0.05, 0) is 119 Å². The van der Waals surface area contributed by atoms with Gasteiger partial charge in [0.05, 0.1) is 35.4 Å². The zero-order valence-electron chi connectivity index (χ0n) is 30.7. The number of allylic oxidation sites excluding steroid dienone is 2. The number of aliphatic hydroxyl groups excluding tert-OH is 1. The molecule has 12 heteroatoms. The lowest BCUT2D eigenvalue weighted by molar-refractivity contribution is -0.137. The number of furan rings is 1. The monoisotopic (exact) mass is 759 g/mol. The predicted molar refractivity (Wildman–Crippen MR) is 196 cm³/mol. The minimum atomic E-state index is -4.60. The Bertz CT molecular complexity index is 1810. The zero-order chi connectivity index (χ0) is 38.6. The summed E-state index contributed by atoms with van der Waals surface area (Å²) < 4.78 is 57.2. The minimum Gasteiger partial charge on any atom is -0.453 e. The van der Waals surface area contributed by atoms with E-state index in [4.69, 9.17) is 25.5 Å². The number of aliphatic hydroxyl groups is 2. The summed E-state index contributed by atoms with van der Waals surface area (Å²) in [6, 6.07) is 11.3. The Morgan fingerprint density at radius 3 is 2.58 bits per heavy atom. The third kappa shape index (κ3) is 9.02. The molecule has 6 rings (SSSR count). The fraction of sp³-hybridized carbons (Fsp3) is 0.512. The second-order valence-electron chi connectivity index (χ2n) is 14.6. The van der Waals surface area contributed by atoms with Crippen LogP contribution >= 0.6 is 11.6 Å². The number of nitrogens with zero attached hydrogens (tertiary/aromatic N) is 1.